The van der Waals surface area contributed by atoms with Crippen LogP contribution in [-0.4, -0.2) is 45.0 Å². The van der Waals surface area contributed by atoms with Crippen molar-refractivity contribution >= 4 is 17.7 Å². The maximum absolute atomic E-state index is 13.5. The van der Waals surface area contributed by atoms with Crippen LogP contribution < -0.4 is 14.8 Å². The highest BCUT2D eigenvalue weighted by Gasteiger charge is 2.17. The molecule has 0 radical (unpaired) electrons. The zero-order valence-corrected chi connectivity index (χ0v) is 14.8. The van der Waals surface area contributed by atoms with Crippen LogP contribution in [0.5, 0.6) is 11.5 Å². The Morgan fingerprint density at radius 3 is 2.41 bits per heavy atom. The standard InChI is InChI=1S/C19H18FNO6/c1-25-12-7-8-14(17(9-12)26-2)16(22)11-27-18(23)10-21-19(24)13-5-3-4-6-15(13)20/h3-9H,10-11H2,1-2H3,(H,21,24). The van der Waals surface area contributed by atoms with Crippen molar-refractivity contribution in [1.29, 1.82) is 0 Å². The van der Waals surface area contributed by atoms with E-state index < -0.39 is 36.6 Å². The molecule has 142 valence electrons. The number of halogens is 1. The molecule has 0 spiro atoms. The van der Waals surface area contributed by atoms with Gasteiger partial charge in [0.1, 0.15) is 23.9 Å². The van der Waals surface area contributed by atoms with Crippen LogP contribution in [0.4, 0.5) is 4.39 Å². The fraction of sp³-hybridized carbons (Fsp3) is 0.211. The van der Waals surface area contributed by atoms with Crippen LogP contribution in [0.2, 0.25) is 0 Å². The smallest absolute Gasteiger partial charge is 0.325 e. The van der Waals surface area contributed by atoms with Gasteiger partial charge in [0, 0.05) is 6.07 Å². The molecule has 0 aliphatic carbocycles. The summed E-state index contributed by atoms with van der Waals surface area (Å²) in [6, 6.07) is 9.96. The molecule has 0 aliphatic rings. The molecule has 0 bridgehead atoms. The van der Waals surface area contributed by atoms with E-state index in [2.05, 4.69) is 5.32 Å². The summed E-state index contributed by atoms with van der Waals surface area (Å²) in [7, 11) is 2.88. The third-order valence-corrected chi connectivity index (χ3v) is 3.59. The summed E-state index contributed by atoms with van der Waals surface area (Å²) in [4.78, 5) is 35.7. The van der Waals surface area contributed by atoms with Gasteiger partial charge in [0.05, 0.1) is 25.3 Å². The van der Waals surface area contributed by atoms with Crippen LogP contribution in [0, 0.1) is 5.82 Å². The molecule has 2 aromatic rings. The lowest BCUT2D eigenvalue weighted by Crippen LogP contribution is -2.32. The van der Waals surface area contributed by atoms with E-state index in [4.69, 9.17) is 14.2 Å². The maximum atomic E-state index is 13.5. The minimum atomic E-state index is -0.833. The molecule has 0 unspecified atom stereocenters. The molecule has 27 heavy (non-hydrogen) atoms. The highest BCUT2D eigenvalue weighted by atomic mass is 19.1. The Morgan fingerprint density at radius 1 is 1.00 bits per heavy atom. The zero-order valence-electron chi connectivity index (χ0n) is 14.8. The minimum absolute atomic E-state index is 0.190. The summed E-state index contributed by atoms with van der Waals surface area (Å²) in [5, 5.41) is 2.23. The molecule has 0 aliphatic heterocycles. The van der Waals surface area contributed by atoms with Gasteiger partial charge in [-0.25, -0.2) is 4.39 Å². The zero-order chi connectivity index (χ0) is 19.8. The van der Waals surface area contributed by atoms with Gasteiger partial charge in [-0.05, 0) is 24.3 Å². The van der Waals surface area contributed by atoms with Crippen molar-refractivity contribution in [3.63, 3.8) is 0 Å². The number of carbonyl (C=O) groups is 3. The van der Waals surface area contributed by atoms with Crippen LogP contribution in [-0.2, 0) is 9.53 Å². The molecule has 7 nitrogen and oxygen atoms in total. The summed E-state index contributed by atoms with van der Waals surface area (Å²) in [5.74, 6) is -1.98. The Balaban J connectivity index is 1.87. The van der Waals surface area contributed by atoms with Crippen molar-refractivity contribution < 1.29 is 33.0 Å². The van der Waals surface area contributed by atoms with E-state index in [9.17, 15) is 18.8 Å². The predicted octanol–water partition coefficient (Wildman–Crippen LogP) is 2.00. The van der Waals surface area contributed by atoms with Gasteiger partial charge >= 0.3 is 5.97 Å². The molecule has 2 rings (SSSR count). The van der Waals surface area contributed by atoms with Gasteiger partial charge in [-0.1, -0.05) is 12.1 Å². The van der Waals surface area contributed by atoms with Crippen molar-refractivity contribution in [2.24, 2.45) is 0 Å². The normalized spacial score (nSPS) is 10.0. The van der Waals surface area contributed by atoms with Crippen LogP contribution >= 0.6 is 0 Å². The van der Waals surface area contributed by atoms with Crippen molar-refractivity contribution in [2.75, 3.05) is 27.4 Å². The monoisotopic (exact) mass is 375 g/mol. The molecule has 0 fully saturated rings. The highest BCUT2D eigenvalue weighted by Crippen LogP contribution is 2.24. The first kappa shape index (κ1) is 19.9. The number of amides is 1. The van der Waals surface area contributed by atoms with Crippen molar-refractivity contribution in [3.05, 3.63) is 59.4 Å². The first-order chi connectivity index (χ1) is 13.0. The van der Waals surface area contributed by atoms with Gasteiger partial charge in [-0.2, -0.15) is 0 Å². The van der Waals surface area contributed by atoms with Crippen molar-refractivity contribution in [1.82, 2.24) is 5.32 Å². The summed E-state index contributed by atoms with van der Waals surface area (Å²) in [6.45, 7) is -1.03. The molecular formula is C19H18FNO6. The van der Waals surface area contributed by atoms with E-state index in [0.29, 0.717) is 5.75 Å². The number of carbonyl (C=O) groups excluding carboxylic acids is 3. The number of rotatable bonds is 8. The first-order valence-corrected chi connectivity index (χ1v) is 7.89. The number of benzene rings is 2. The lowest BCUT2D eigenvalue weighted by atomic mass is 10.1. The Labute approximate surface area is 155 Å². The molecule has 0 atom stereocenters. The Bertz CT molecular complexity index is 852. The molecule has 8 heteroatoms. The topological polar surface area (TPSA) is 90.9 Å². The van der Waals surface area contributed by atoms with Gasteiger partial charge in [-0.15, -0.1) is 0 Å². The molecule has 0 saturated heterocycles. The molecule has 1 amide bonds. The number of Topliss-reactive ketones (excluding diaryl/α,β-unsaturated/α-hetero) is 1. The summed E-state index contributed by atoms with van der Waals surface area (Å²) < 4.78 is 28.5. The number of ketones is 1. The number of hydrogen-bond donors (Lipinski definition) is 1. The maximum Gasteiger partial charge on any atom is 0.325 e. The second-order valence-corrected chi connectivity index (χ2v) is 5.31. The summed E-state index contributed by atoms with van der Waals surface area (Å²) in [6.07, 6.45) is 0. The molecule has 0 saturated carbocycles. The molecule has 1 N–H and O–H groups in total. The van der Waals surface area contributed by atoms with E-state index in [1.54, 1.807) is 6.07 Å². The largest absolute Gasteiger partial charge is 0.497 e. The van der Waals surface area contributed by atoms with Gasteiger partial charge in [-0.3, -0.25) is 14.4 Å². The fourth-order valence-electron chi connectivity index (χ4n) is 2.20. The lowest BCUT2D eigenvalue weighted by molar-refractivity contribution is -0.141. The van der Waals surface area contributed by atoms with Crippen LogP contribution in [0.3, 0.4) is 0 Å². The minimum Gasteiger partial charge on any atom is -0.497 e. The summed E-state index contributed by atoms with van der Waals surface area (Å²) >= 11 is 0. The number of ether oxygens (including phenoxy) is 3. The van der Waals surface area contributed by atoms with E-state index >= 15 is 0 Å². The van der Waals surface area contributed by atoms with Gasteiger partial charge in [0.15, 0.2) is 6.61 Å². The number of nitrogens with one attached hydrogen (secondary N) is 1. The molecule has 0 aromatic heterocycles. The van der Waals surface area contributed by atoms with E-state index in [-0.39, 0.29) is 16.9 Å². The van der Waals surface area contributed by atoms with Crippen molar-refractivity contribution in [2.45, 2.75) is 0 Å². The van der Waals surface area contributed by atoms with Crippen LogP contribution in [0.15, 0.2) is 42.5 Å². The van der Waals surface area contributed by atoms with Crippen LogP contribution in [0.25, 0.3) is 0 Å². The predicted molar refractivity (Wildman–Crippen MR) is 93.6 cm³/mol. The molecular weight excluding hydrogens is 357 g/mol. The Morgan fingerprint density at radius 2 is 1.74 bits per heavy atom. The Kier molecular flexibility index (Phi) is 6.87. The summed E-state index contributed by atoms with van der Waals surface area (Å²) in [5.41, 5.74) is 0.0332. The van der Waals surface area contributed by atoms with E-state index in [0.717, 1.165) is 6.07 Å². The van der Waals surface area contributed by atoms with Gasteiger partial charge in [0.2, 0.25) is 5.78 Å². The SMILES string of the molecule is COc1ccc(C(=O)COC(=O)CNC(=O)c2ccccc2F)c(OC)c1. The molecule has 0 heterocycles. The average molecular weight is 375 g/mol. The number of hydrogen-bond acceptors (Lipinski definition) is 6. The second-order valence-electron chi connectivity index (χ2n) is 5.31. The van der Waals surface area contributed by atoms with E-state index in [1.165, 1.54) is 44.6 Å². The fourth-order valence-corrected chi connectivity index (χ4v) is 2.20. The second kappa shape index (κ2) is 9.33. The van der Waals surface area contributed by atoms with Gasteiger partial charge < -0.3 is 19.5 Å². The number of methoxy groups -OCH3 is 2. The van der Waals surface area contributed by atoms with Crippen molar-refractivity contribution in [3.8, 4) is 11.5 Å². The lowest BCUT2D eigenvalue weighted by Gasteiger charge is -2.10. The Hall–Kier alpha value is -3.42. The van der Waals surface area contributed by atoms with Gasteiger partial charge in [0.25, 0.3) is 5.91 Å². The number of esters is 1. The quantitative estimate of drug-likeness (QED) is 0.561. The third-order valence-electron chi connectivity index (χ3n) is 3.59. The van der Waals surface area contributed by atoms with Crippen LogP contribution in [0.1, 0.15) is 20.7 Å². The average Bonchev–Trinajstić information content (AvgIpc) is 2.69. The third kappa shape index (κ3) is 5.27. The highest BCUT2D eigenvalue weighted by molar-refractivity contribution is 6.01. The molecule has 2 aromatic carbocycles. The first-order valence-electron chi connectivity index (χ1n) is 7.89. The van der Waals surface area contributed by atoms with E-state index in [1.807, 2.05) is 0 Å².